The Labute approximate surface area is 170 Å². The smallest absolute Gasteiger partial charge is 0.263 e. The fraction of sp³-hybridized carbons (Fsp3) is 0.100. The number of benzene rings is 2. The highest BCUT2D eigenvalue weighted by atomic mass is 32.2. The molecule has 4 rings (SSSR count). The minimum Gasteiger partial charge on any atom is -0.263 e. The predicted octanol–water partition coefficient (Wildman–Crippen LogP) is 3.92. The highest BCUT2D eigenvalue weighted by molar-refractivity contribution is 7.89. The molecule has 10 heteroatoms. The Kier molecular flexibility index (Phi) is 5.04. The summed E-state index contributed by atoms with van der Waals surface area (Å²) in [5, 5.41) is 5.13. The minimum atomic E-state index is -4.43. The molecule has 0 radical (unpaired) electrons. The molecule has 0 saturated heterocycles. The molecule has 1 N–H and O–H groups in total. The van der Waals surface area contributed by atoms with E-state index in [1.54, 1.807) is 24.3 Å². The van der Waals surface area contributed by atoms with E-state index in [-0.39, 0.29) is 11.4 Å². The van der Waals surface area contributed by atoms with Gasteiger partial charge in [-0.1, -0.05) is 18.2 Å². The van der Waals surface area contributed by atoms with E-state index in [0.29, 0.717) is 22.3 Å². The van der Waals surface area contributed by atoms with Gasteiger partial charge in [0, 0.05) is 17.8 Å². The van der Waals surface area contributed by atoms with Crippen LogP contribution in [0.3, 0.4) is 0 Å². The van der Waals surface area contributed by atoms with Crippen LogP contribution in [0.15, 0.2) is 78.0 Å². The van der Waals surface area contributed by atoms with Crippen molar-refractivity contribution in [1.82, 2.24) is 19.5 Å². The summed E-state index contributed by atoms with van der Waals surface area (Å²) in [5.41, 5.74) is 0.763. The number of para-hydroxylation sites is 1. The third-order valence-corrected chi connectivity index (χ3v) is 5.86. The molecular formula is C20H15F3N4O2S. The second-order valence-corrected chi connectivity index (χ2v) is 8.20. The molecule has 0 unspecified atom stereocenters. The van der Waals surface area contributed by atoms with Gasteiger partial charge in [-0.3, -0.25) is 4.98 Å². The normalized spacial score (nSPS) is 12.4. The third kappa shape index (κ3) is 3.91. The average Bonchev–Trinajstić information content (AvgIpc) is 3.11. The highest BCUT2D eigenvalue weighted by Gasteiger charge is 2.30. The first-order valence-corrected chi connectivity index (χ1v) is 10.3. The zero-order valence-electron chi connectivity index (χ0n) is 15.3. The van der Waals surface area contributed by atoms with Gasteiger partial charge in [0.15, 0.2) is 0 Å². The Bertz CT molecular complexity index is 1290. The zero-order valence-corrected chi connectivity index (χ0v) is 16.2. The number of nitrogens with one attached hydrogen (secondary N) is 1. The molecule has 0 saturated carbocycles. The quantitative estimate of drug-likeness (QED) is 0.519. The number of halogens is 3. The molecule has 0 atom stereocenters. The van der Waals surface area contributed by atoms with Crippen LogP contribution in [-0.4, -0.2) is 23.2 Å². The largest absolute Gasteiger partial charge is 0.416 e. The topological polar surface area (TPSA) is 76.9 Å². The fourth-order valence-corrected chi connectivity index (χ4v) is 3.95. The molecule has 0 aliphatic carbocycles. The van der Waals surface area contributed by atoms with Crippen molar-refractivity contribution in [3.05, 3.63) is 84.3 Å². The summed E-state index contributed by atoms with van der Waals surface area (Å²) in [6, 6.07) is 14.6. The lowest BCUT2D eigenvalue weighted by molar-refractivity contribution is -0.137. The number of hydrogen-bond donors (Lipinski definition) is 1. The van der Waals surface area contributed by atoms with Crippen LogP contribution < -0.4 is 4.72 Å². The van der Waals surface area contributed by atoms with Crippen molar-refractivity contribution in [3.8, 4) is 5.69 Å². The molecule has 0 fully saturated rings. The molecular weight excluding hydrogens is 417 g/mol. The van der Waals surface area contributed by atoms with Gasteiger partial charge in [0.05, 0.1) is 29.0 Å². The summed E-state index contributed by atoms with van der Waals surface area (Å²) in [5.74, 6) is 0. The van der Waals surface area contributed by atoms with Gasteiger partial charge in [0.25, 0.3) is 0 Å². The van der Waals surface area contributed by atoms with E-state index in [9.17, 15) is 21.6 Å². The van der Waals surface area contributed by atoms with Crippen molar-refractivity contribution in [3.63, 3.8) is 0 Å². The first-order valence-electron chi connectivity index (χ1n) is 8.80. The van der Waals surface area contributed by atoms with Gasteiger partial charge >= 0.3 is 6.18 Å². The van der Waals surface area contributed by atoms with E-state index in [1.165, 1.54) is 41.3 Å². The van der Waals surface area contributed by atoms with Crippen molar-refractivity contribution >= 4 is 20.9 Å². The maximum atomic E-state index is 12.8. The molecule has 6 nitrogen and oxygen atoms in total. The Morgan fingerprint density at radius 3 is 2.37 bits per heavy atom. The zero-order chi connectivity index (χ0) is 21.4. The Balaban J connectivity index is 1.68. The van der Waals surface area contributed by atoms with E-state index in [4.69, 9.17) is 0 Å². The molecule has 0 aliphatic rings. The SMILES string of the molecule is O=S(=O)(NCc1nn(-c2ccc(C(F)(F)F)cc2)c2ccccc12)c1cccnc1. The number of alkyl halides is 3. The standard InChI is InChI=1S/C20H15F3N4O2S/c21-20(22,23)14-7-9-15(10-8-14)27-19-6-2-1-5-17(19)18(26-27)13-25-30(28,29)16-4-3-11-24-12-16/h1-12,25H,13H2. The van der Waals surface area contributed by atoms with Crippen LogP contribution in [0.2, 0.25) is 0 Å². The first-order chi connectivity index (χ1) is 14.3. The van der Waals surface area contributed by atoms with Crippen LogP contribution >= 0.6 is 0 Å². The van der Waals surface area contributed by atoms with Crippen LogP contribution in [-0.2, 0) is 22.7 Å². The maximum Gasteiger partial charge on any atom is 0.416 e. The summed E-state index contributed by atoms with van der Waals surface area (Å²) in [6.45, 7) is -0.0919. The van der Waals surface area contributed by atoms with Gasteiger partial charge in [-0.15, -0.1) is 0 Å². The number of hydrogen-bond acceptors (Lipinski definition) is 4. The van der Waals surface area contributed by atoms with E-state index >= 15 is 0 Å². The van der Waals surface area contributed by atoms with Crippen LogP contribution in [0.4, 0.5) is 13.2 Å². The molecule has 0 amide bonds. The molecule has 0 aliphatic heterocycles. The van der Waals surface area contributed by atoms with Gasteiger partial charge in [0.1, 0.15) is 4.90 Å². The lowest BCUT2D eigenvalue weighted by atomic mass is 10.2. The summed E-state index contributed by atoms with van der Waals surface area (Å²) in [6.07, 6.45) is -1.72. The van der Waals surface area contributed by atoms with Crippen LogP contribution in [0.25, 0.3) is 16.6 Å². The Hall–Kier alpha value is -3.24. The Morgan fingerprint density at radius 1 is 0.967 bits per heavy atom. The van der Waals surface area contributed by atoms with Gasteiger partial charge in [0.2, 0.25) is 10.0 Å². The molecule has 0 bridgehead atoms. The second-order valence-electron chi connectivity index (χ2n) is 6.43. The fourth-order valence-electron chi connectivity index (χ4n) is 3.00. The first kappa shape index (κ1) is 20.0. The van der Waals surface area contributed by atoms with Gasteiger partial charge in [-0.25, -0.2) is 17.8 Å². The van der Waals surface area contributed by atoms with Crippen molar-refractivity contribution in [2.45, 2.75) is 17.6 Å². The summed E-state index contributed by atoms with van der Waals surface area (Å²) in [4.78, 5) is 3.83. The molecule has 2 aromatic carbocycles. The molecule has 30 heavy (non-hydrogen) atoms. The number of fused-ring (bicyclic) bond motifs is 1. The number of aromatic nitrogens is 3. The predicted molar refractivity (Wildman–Crippen MR) is 104 cm³/mol. The minimum absolute atomic E-state index is 0.0245. The number of sulfonamides is 1. The van der Waals surface area contributed by atoms with Crippen molar-refractivity contribution in [2.75, 3.05) is 0 Å². The maximum absolute atomic E-state index is 12.8. The third-order valence-electron chi connectivity index (χ3n) is 4.48. The van der Waals surface area contributed by atoms with Crippen molar-refractivity contribution < 1.29 is 21.6 Å². The number of rotatable bonds is 5. The van der Waals surface area contributed by atoms with Crippen LogP contribution in [0, 0.1) is 0 Å². The molecule has 154 valence electrons. The van der Waals surface area contributed by atoms with Gasteiger partial charge in [-0.05, 0) is 42.5 Å². The monoisotopic (exact) mass is 432 g/mol. The molecule has 2 aromatic heterocycles. The molecule has 2 heterocycles. The highest BCUT2D eigenvalue weighted by Crippen LogP contribution is 2.30. The summed E-state index contributed by atoms with van der Waals surface area (Å²) < 4.78 is 67.4. The van der Waals surface area contributed by atoms with E-state index in [1.807, 2.05) is 0 Å². The number of nitrogens with zero attached hydrogens (tertiary/aromatic N) is 3. The van der Waals surface area contributed by atoms with Gasteiger partial charge < -0.3 is 0 Å². The summed E-state index contributed by atoms with van der Waals surface area (Å²) >= 11 is 0. The second kappa shape index (κ2) is 7.54. The number of pyridine rings is 1. The van der Waals surface area contributed by atoms with Crippen molar-refractivity contribution in [1.29, 1.82) is 0 Å². The van der Waals surface area contributed by atoms with Crippen molar-refractivity contribution in [2.24, 2.45) is 0 Å². The van der Waals surface area contributed by atoms with E-state index in [2.05, 4.69) is 14.8 Å². The van der Waals surface area contributed by atoms with Gasteiger partial charge in [-0.2, -0.15) is 18.3 Å². The Morgan fingerprint density at radius 2 is 1.70 bits per heavy atom. The summed E-state index contributed by atoms with van der Waals surface area (Å²) in [7, 11) is -3.79. The van der Waals surface area contributed by atoms with Crippen LogP contribution in [0.1, 0.15) is 11.3 Å². The van der Waals surface area contributed by atoms with Crippen LogP contribution in [0.5, 0.6) is 0 Å². The molecule has 0 spiro atoms. The molecule has 4 aromatic rings. The average molecular weight is 432 g/mol. The van der Waals surface area contributed by atoms with E-state index < -0.39 is 21.8 Å². The van der Waals surface area contributed by atoms with E-state index in [0.717, 1.165) is 12.1 Å². The lowest BCUT2D eigenvalue weighted by Gasteiger charge is -2.08. The lowest BCUT2D eigenvalue weighted by Crippen LogP contribution is -2.23.